The number of anilines is 3. The molecule has 1 nitrogen and oxygen atoms in total. The van der Waals surface area contributed by atoms with Gasteiger partial charge in [-0.1, -0.05) is 202 Å². The topological polar surface area (TPSA) is 3.24 Å². The smallest absolute Gasteiger partial charge is 0.0462 e. The number of hydrogen-bond acceptors (Lipinski definition) is 1. The summed E-state index contributed by atoms with van der Waals surface area (Å²) in [6, 6.07) is 86.5. The van der Waals surface area contributed by atoms with Gasteiger partial charge in [0, 0.05) is 17.1 Å². The van der Waals surface area contributed by atoms with E-state index in [9.17, 15) is 0 Å². The molecule has 0 aliphatic heterocycles. The van der Waals surface area contributed by atoms with Gasteiger partial charge < -0.3 is 4.90 Å². The summed E-state index contributed by atoms with van der Waals surface area (Å²) in [5.74, 6) is 0. The van der Waals surface area contributed by atoms with Crippen LogP contribution in [0.3, 0.4) is 0 Å². The van der Waals surface area contributed by atoms with Gasteiger partial charge in [-0.3, -0.25) is 0 Å². The van der Waals surface area contributed by atoms with E-state index in [2.05, 4.69) is 255 Å². The number of benzene rings is 10. The van der Waals surface area contributed by atoms with E-state index in [0.717, 1.165) is 29.9 Å². The average Bonchev–Trinajstić information content (AvgIpc) is 3.37. The minimum Gasteiger partial charge on any atom is -0.311 e. The molecule has 10 aromatic rings. The Kier molecular flexibility index (Phi) is 11.1. The van der Waals surface area contributed by atoms with Crippen molar-refractivity contribution < 1.29 is 0 Å². The van der Waals surface area contributed by atoms with Crippen molar-refractivity contribution in [3.05, 3.63) is 248 Å². The fourth-order valence-electron chi connectivity index (χ4n) is 9.11. The van der Waals surface area contributed by atoms with Crippen molar-refractivity contribution in [1.29, 1.82) is 0 Å². The predicted molar refractivity (Wildman–Crippen MR) is 270 cm³/mol. The molecule has 0 fully saturated rings. The second kappa shape index (κ2) is 17.7. The molecule has 0 heterocycles. The summed E-state index contributed by atoms with van der Waals surface area (Å²) in [7, 11) is 0. The van der Waals surface area contributed by atoms with Crippen molar-refractivity contribution in [2.75, 3.05) is 4.90 Å². The molecule has 0 saturated carbocycles. The van der Waals surface area contributed by atoms with E-state index in [1.54, 1.807) is 0 Å². The molecule has 1 heteroatoms. The van der Waals surface area contributed by atoms with Crippen LogP contribution in [0.2, 0.25) is 0 Å². The van der Waals surface area contributed by atoms with E-state index in [-0.39, 0.29) is 0 Å². The van der Waals surface area contributed by atoms with Crippen LogP contribution in [-0.4, -0.2) is 0 Å². The SMILES string of the molecule is CCc1ccccc1-c1ccc(-c2ccc(N(c3ccc(-c4cccc(-c5ccc6ccccc6c5)c4)cc3)c3ccc(-c4ccccc4-c4ccccc4)cc3)cc2)cc1CC. The fraction of sp³-hybridized carbons (Fsp3) is 0.0645. The first kappa shape index (κ1) is 39.4. The zero-order chi connectivity index (χ0) is 42.5. The van der Waals surface area contributed by atoms with Gasteiger partial charge in [0.2, 0.25) is 0 Å². The van der Waals surface area contributed by atoms with Crippen molar-refractivity contribution in [3.63, 3.8) is 0 Å². The van der Waals surface area contributed by atoms with E-state index >= 15 is 0 Å². The summed E-state index contributed by atoms with van der Waals surface area (Å²) >= 11 is 0. The lowest BCUT2D eigenvalue weighted by Gasteiger charge is -2.26. The molecule has 302 valence electrons. The second-order valence-corrected chi connectivity index (χ2v) is 16.3. The van der Waals surface area contributed by atoms with Gasteiger partial charge in [0.05, 0.1) is 0 Å². The Morgan fingerprint density at radius 2 is 0.667 bits per heavy atom. The van der Waals surface area contributed by atoms with Gasteiger partial charge in [0.15, 0.2) is 0 Å². The van der Waals surface area contributed by atoms with Crippen molar-refractivity contribution >= 4 is 27.8 Å². The van der Waals surface area contributed by atoms with Crippen LogP contribution in [0.5, 0.6) is 0 Å². The van der Waals surface area contributed by atoms with Crippen LogP contribution < -0.4 is 4.90 Å². The summed E-state index contributed by atoms with van der Waals surface area (Å²) in [5.41, 5.74) is 20.8. The number of aryl methyl sites for hydroxylation is 2. The number of rotatable bonds is 11. The number of nitrogens with zero attached hydrogens (tertiary/aromatic N) is 1. The molecule has 0 atom stereocenters. The Balaban J connectivity index is 1.00. The highest BCUT2D eigenvalue weighted by Crippen LogP contribution is 2.40. The lowest BCUT2D eigenvalue weighted by atomic mass is 9.90. The van der Waals surface area contributed by atoms with Gasteiger partial charge >= 0.3 is 0 Å². The maximum absolute atomic E-state index is 2.38. The molecule has 0 aromatic heterocycles. The van der Waals surface area contributed by atoms with Gasteiger partial charge in [0.25, 0.3) is 0 Å². The molecule has 0 spiro atoms. The van der Waals surface area contributed by atoms with Crippen LogP contribution in [0.4, 0.5) is 17.1 Å². The van der Waals surface area contributed by atoms with Crippen molar-refractivity contribution in [1.82, 2.24) is 0 Å². The molecule has 0 bridgehead atoms. The second-order valence-electron chi connectivity index (χ2n) is 16.3. The molecule has 0 saturated heterocycles. The van der Waals surface area contributed by atoms with Crippen LogP contribution in [-0.2, 0) is 12.8 Å². The summed E-state index contributed by atoms with van der Waals surface area (Å²) in [6.45, 7) is 4.50. The Labute approximate surface area is 372 Å². The number of fused-ring (bicyclic) bond motifs is 1. The first-order chi connectivity index (χ1) is 31.1. The lowest BCUT2D eigenvalue weighted by Crippen LogP contribution is -2.09. The summed E-state index contributed by atoms with van der Waals surface area (Å²) in [4.78, 5) is 2.37. The van der Waals surface area contributed by atoms with E-state index in [1.165, 1.54) is 88.7 Å². The van der Waals surface area contributed by atoms with Crippen LogP contribution in [0.1, 0.15) is 25.0 Å². The first-order valence-corrected chi connectivity index (χ1v) is 22.2. The monoisotopic (exact) mass is 807 g/mol. The molecule has 63 heavy (non-hydrogen) atoms. The molecule has 0 unspecified atom stereocenters. The first-order valence-electron chi connectivity index (χ1n) is 22.2. The maximum Gasteiger partial charge on any atom is 0.0462 e. The standard InChI is InChI=1S/C62H49N/c1-3-44-15-10-11-22-59(44)62-40-33-54(41-45(62)4-2)48-29-36-57(37-30-48)63(58-38-31-50(32-39-58)61-24-13-12-23-60(61)49-17-6-5-7-18-49)56-34-27-47(28-35-56)52-20-14-21-53(42-52)55-26-25-46-16-8-9-19-51(46)43-55/h5-43H,3-4H2,1-2H3. The normalized spacial score (nSPS) is 11.1. The van der Waals surface area contributed by atoms with Crippen molar-refractivity contribution in [3.8, 4) is 66.8 Å². The maximum atomic E-state index is 2.38. The van der Waals surface area contributed by atoms with Crippen LogP contribution in [0.25, 0.3) is 77.5 Å². The van der Waals surface area contributed by atoms with Crippen LogP contribution in [0, 0.1) is 0 Å². The summed E-state index contributed by atoms with van der Waals surface area (Å²) in [6.07, 6.45) is 1.99. The van der Waals surface area contributed by atoms with Gasteiger partial charge in [-0.2, -0.15) is 0 Å². The quantitative estimate of drug-likeness (QED) is 0.126. The van der Waals surface area contributed by atoms with E-state index in [1.807, 2.05) is 0 Å². The number of hydrogen-bond donors (Lipinski definition) is 0. The molecule has 0 N–H and O–H groups in total. The molecule has 0 aliphatic rings. The molecule has 10 rings (SSSR count). The minimum atomic E-state index is 0.975. The summed E-state index contributed by atoms with van der Waals surface area (Å²) < 4.78 is 0. The average molecular weight is 808 g/mol. The third-order valence-corrected chi connectivity index (χ3v) is 12.5. The Hall–Kier alpha value is -7.74. The van der Waals surface area contributed by atoms with Gasteiger partial charge in [-0.15, -0.1) is 0 Å². The lowest BCUT2D eigenvalue weighted by molar-refractivity contribution is 1.12. The van der Waals surface area contributed by atoms with Crippen LogP contribution >= 0.6 is 0 Å². The minimum absolute atomic E-state index is 0.975. The van der Waals surface area contributed by atoms with Crippen molar-refractivity contribution in [2.24, 2.45) is 0 Å². The third-order valence-electron chi connectivity index (χ3n) is 12.5. The Morgan fingerprint density at radius 3 is 1.29 bits per heavy atom. The molecule has 10 aromatic carbocycles. The highest BCUT2D eigenvalue weighted by Gasteiger charge is 2.16. The highest BCUT2D eigenvalue weighted by atomic mass is 15.1. The predicted octanol–water partition coefficient (Wildman–Crippen LogP) is 17.4. The van der Waals surface area contributed by atoms with E-state index < -0.39 is 0 Å². The Bertz CT molecular complexity index is 3160. The molecular weight excluding hydrogens is 759 g/mol. The van der Waals surface area contributed by atoms with Crippen molar-refractivity contribution in [2.45, 2.75) is 26.7 Å². The third kappa shape index (κ3) is 8.10. The van der Waals surface area contributed by atoms with Gasteiger partial charge in [-0.25, -0.2) is 0 Å². The molecule has 0 radical (unpaired) electrons. The zero-order valence-corrected chi connectivity index (χ0v) is 35.9. The molecule has 0 amide bonds. The van der Waals surface area contributed by atoms with E-state index in [0.29, 0.717) is 0 Å². The molecule has 0 aliphatic carbocycles. The van der Waals surface area contributed by atoms with Gasteiger partial charge in [0.1, 0.15) is 0 Å². The fourth-order valence-corrected chi connectivity index (χ4v) is 9.11. The zero-order valence-electron chi connectivity index (χ0n) is 35.9. The molecular formula is C62H49N. The largest absolute Gasteiger partial charge is 0.311 e. The van der Waals surface area contributed by atoms with E-state index in [4.69, 9.17) is 0 Å². The van der Waals surface area contributed by atoms with Gasteiger partial charge in [-0.05, 0) is 150 Å². The highest BCUT2D eigenvalue weighted by molar-refractivity contribution is 5.89. The Morgan fingerprint density at radius 1 is 0.254 bits per heavy atom. The van der Waals surface area contributed by atoms with Crippen LogP contribution in [0.15, 0.2) is 237 Å². The summed E-state index contributed by atoms with van der Waals surface area (Å²) in [5, 5.41) is 2.51.